The molecule has 6 heterocycles. The van der Waals surface area contributed by atoms with Gasteiger partial charge in [0.15, 0.2) is 17.2 Å². The summed E-state index contributed by atoms with van der Waals surface area (Å²) in [6.45, 7) is 0. The van der Waals surface area contributed by atoms with Crippen LogP contribution >= 0.6 is 22.7 Å². The molecule has 0 aliphatic carbocycles. The van der Waals surface area contributed by atoms with Crippen molar-refractivity contribution in [3.8, 4) is 91.2 Å². The summed E-state index contributed by atoms with van der Waals surface area (Å²) < 4.78 is 21.7. The van der Waals surface area contributed by atoms with Gasteiger partial charge in [-0.25, -0.2) is 19.2 Å². The number of rotatable bonds is 14. The largest absolute Gasteiger partial charge is 0.477 e. The highest BCUT2D eigenvalue weighted by molar-refractivity contribution is 7.16. The molecule has 472 valence electrons. The summed E-state index contributed by atoms with van der Waals surface area (Å²) in [6, 6.07) is 68.3. The summed E-state index contributed by atoms with van der Waals surface area (Å²) in [6.07, 6.45) is 4.83. The predicted molar refractivity (Wildman–Crippen MR) is 360 cm³/mol. The number of carboxylic acid groups (broad SMARTS) is 4. The van der Waals surface area contributed by atoms with E-state index in [0.29, 0.717) is 49.2 Å². The minimum Gasteiger partial charge on any atom is -0.477 e. The van der Waals surface area contributed by atoms with Crippen LogP contribution in [0, 0.1) is 45.3 Å². The van der Waals surface area contributed by atoms with Gasteiger partial charge in [-0.15, -0.1) is 53.3 Å². The van der Waals surface area contributed by atoms with Gasteiger partial charge in [0, 0.05) is 48.6 Å². The molecule has 98 heavy (non-hydrogen) atoms. The maximum absolute atomic E-state index is 11.0. The van der Waals surface area contributed by atoms with Gasteiger partial charge in [0.25, 0.3) is 5.89 Å². The molecular formula is C72H40N12O12S2. The molecule has 26 heteroatoms. The van der Waals surface area contributed by atoms with Gasteiger partial charge >= 0.3 is 23.9 Å². The van der Waals surface area contributed by atoms with Crippen molar-refractivity contribution in [3.05, 3.63) is 238 Å². The lowest BCUT2D eigenvalue weighted by atomic mass is 10.0. The Kier molecular flexibility index (Phi) is 19.8. The highest BCUT2D eigenvalue weighted by Crippen LogP contribution is 2.37. The highest BCUT2D eigenvalue weighted by Gasteiger charge is 2.20. The van der Waals surface area contributed by atoms with Crippen LogP contribution in [-0.2, 0) is 19.2 Å². The SMILES string of the molecule is N#C/C(=C\c1ccc(-c2nnc(-c3ccc4ccccc4c3)o2)s1)C(=O)O.N#C/C(=C\c1ccc(-c2nnoc2-c2ccc3ccccc3c2)s1)C(=O)O.N#C/C(=C\c1nnc(-c2ccc3ccccc3c2)o1)C(=O)O.N#C/C(=C\c1nnoc1-c1ccc2ccccc2c1)C(=O)O. The maximum Gasteiger partial charge on any atom is 0.346 e. The molecule has 0 fully saturated rings. The first-order valence-corrected chi connectivity index (χ1v) is 30.2. The molecule has 0 radical (unpaired) electrons. The smallest absolute Gasteiger partial charge is 0.346 e. The Morgan fingerprint density at radius 1 is 0.357 bits per heavy atom. The van der Waals surface area contributed by atoms with Crippen molar-refractivity contribution in [2.75, 3.05) is 0 Å². The molecule has 8 aromatic carbocycles. The first kappa shape index (κ1) is 65.1. The van der Waals surface area contributed by atoms with Crippen molar-refractivity contribution in [2.24, 2.45) is 0 Å². The summed E-state index contributed by atoms with van der Waals surface area (Å²) in [7, 11) is 0. The molecule has 0 amide bonds. The fourth-order valence-corrected chi connectivity index (χ4v) is 11.2. The third-order valence-corrected chi connectivity index (χ3v) is 16.2. The van der Waals surface area contributed by atoms with Crippen LogP contribution in [0.2, 0.25) is 0 Å². The Hall–Kier alpha value is -14.4. The molecule has 6 aromatic heterocycles. The number of aliphatic carboxylic acids is 4. The number of thiophene rings is 2. The Balaban J connectivity index is 0.000000133. The summed E-state index contributed by atoms with van der Waals surface area (Å²) in [4.78, 5) is 46.3. The van der Waals surface area contributed by atoms with Crippen molar-refractivity contribution in [3.63, 3.8) is 0 Å². The topological polar surface area (TPSA) is 400 Å². The second kappa shape index (κ2) is 29.9. The van der Waals surface area contributed by atoms with Crippen LogP contribution in [0.3, 0.4) is 0 Å². The second-order valence-corrected chi connectivity index (χ2v) is 22.6. The number of aromatic nitrogens is 8. The van der Waals surface area contributed by atoms with Crippen molar-refractivity contribution in [1.82, 2.24) is 41.1 Å². The zero-order chi connectivity index (χ0) is 68.7. The standard InChI is InChI=1S/2C20H11N3O3S.2C16H9N3O3/c21-11-15(20(24)25)10-16-7-8-17(27-16)18-19(26-23-22-18)14-6-5-12-3-1-2-4-13(12)9-14;21-11-15(20(24)25)10-16-7-8-17(27-16)19-23-22-18(26-19)14-6-5-12-3-1-2-4-13(12)9-14;17-9-13(16(20)21)8-14-18-19-15(22-14)12-6-5-10-3-1-2-4-11(10)7-12;17-9-13(16(20)21)8-14-15(22-19-18-14)12-6-5-10-3-1-2-4-11(10)7-12/h2*1-10H,(H,24,25);2*1-8H,(H,20,21)/b2*15-10+;2*13-8+. The van der Waals surface area contributed by atoms with Crippen LogP contribution in [0.4, 0.5) is 0 Å². The van der Waals surface area contributed by atoms with Crippen LogP contribution in [0.5, 0.6) is 0 Å². The van der Waals surface area contributed by atoms with E-state index >= 15 is 0 Å². The van der Waals surface area contributed by atoms with Crippen molar-refractivity contribution < 1.29 is 57.5 Å². The molecule has 0 atom stereocenters. The summed E-state index contributed by atoms with van der Waals surface area (Å²) in [5.74, 6) is -3.33. The fraction of sp³-hybridized carbons (Fsp3) is 0. The van der Waals surface area contributed by atoms with Gasteiger partial charge in [0.2, 0.25) is 17.7 Å². The molecule has 0 spiro atoms. The lowest BCUT2D eigenvalue weighted by Crippen LogP contribution is -1.97. The van der Waals surface area contributed by atoms with E-state index in [1.54, 1.807) is 48.5 Å². The third-order valence-electron chi connectivity index (χ3n) is 14.1. The van der Waals surface area contributed by atoms with Crippen molar-refractivity contribution >= 4 is 114 Å². The highest BCUT2D eigenvalue weighted by atomic mass is 32.1. The predicted octanol–water partition coefficient (Wildman–Crippen LogP) is 15.0. The monoisotopic (exact) mass is 1330 g/mol. The Bertz CT molecular complexity index is 5720. The molecular weight excluding hydrogens is 1290 g/mol. The van der Waals surface area contributed by atoms with E-state index in [0.717, 1.165) is 76.8 Å². The molecule has 0 bridgehead atoms. The van der Waals surface area contributed by atoms with Crippen molar-refractivity contribution in [2.45, 2.75) is 0 Å². The van der Waals surface area contributed by atoms with E-state index in [2.05, 4.69) is 41.1 Å². The first-order chi connectivity index (χ1) is 47.6. The van der Waals surface area contributed by atoms with E-state index in [4.69, 9.17) is 59.4 Å². The minimum absolute atomic E-state index is 0.0258. The zero-order valence-electron chi connectivity index (χ0n) is 50.0. The Labute approximate surface area is 559 Å². The molecule has 14 aromatic rings. The van der Waals surface area contributed by atoms with Crippen LogP contribution in [0.1, 0.15) is 21.3 Å². The van der Waals surface area contributed by atoms with E-state index in [-0.39, 0.29) is 28.6 Å². The number of carboxylic acids is 4. The van der Waals surface area contributed by atoms with Crippen LogP contribution < -0.4 is 0 Å². The summed E-state index contributed by atoms with van der Waals surface area (Å²) in [5.41, 5.74) is 2.33. The molecule has 4 N–H and O–H groups in total. The van der Waals surface area contributed by atoms with E-state index in [1.165, 1.54) is 34.8 Å². The molecule has 0 aliphatic heterocycles. The lowest BCUT2D eigenvalue weighted by molar-refractivity contribution is -0.133. The lowest BCUT2D eigenvalue weighted by Gasteiger charge is -2.01. The maximum atomic E-state index is 11.0. The Morgan fingerprint density at radius 3 is 1.20 bits per heavy atom. The molecule has 0 saturated heterocycles. The van der Waals surface area contributed by atoms with Gasteiger partial charge in [-0.05, 0) is 122 Å². The number of carbonyl (C=O) groups is 4. The fourth-order valence-electron chi connectivity index (χ4n) is 9.40. The van der Waals surface area contributed by atoms with Crippen LogP contribution in [0.15, 0.2) is 234 Å². The number of hydrogen-bond donors (Lipinski definition) is 4. The minimum atomic E-state index is -1.34. The quantitative estimate of drug-likeness (QED) is 0.0580. The number of nitriles is 4. The first-order valence-electron chi connectivity index (χ1n) is 28.5. The van der Waals surface area contributed by atoms with Crippen molar-refractivity contribution in [1.29, 1.82) is 21.0 Å². The van der Waals surface area contributed by atoms with Gasteiger partial charge in [0.1, 0.15) is 52.3 Å². The number of hydrogen-bond acceptors (Lipinski definition) is 22. The van der Waals surface area contributed by atoms with E-state index in [9.17, 15) is 19.2 Å². The number of fused-ring (bicyclic) bond motifs is 4. The average Bonchev–Trinajstić information content (AvgIpc) is 1.63. The van der Waals surface area contributed by atoms with Gasteiger partial charge in [-0.2, -0.15) is 21.0 Å². The molecule has 24 nitrogen and oxygen atoms in total. The summed E-state index contributed by atoms with van der Waals surface area (Å²) >= 11 is 2.58. The van der Waals surface area contributed by atoms with Crippen LogP contribution in [-0.4, -0.2) is 85.4 Å². The van der Waals surface area contributed by atoms with Gasteiger partial charge < -0.3 is 38.3 Å². The number of benzene rings is 8. The zero-order valence-corrected chi connectivity index (χ0v) is 51.7. The molecule has 14 rings (SSSR count). The third kappa shape index (κ3) is 15.4. The molecule has 0 saturated carbocycles. The Morgan fingerprint density at radius 2 is 0.724 bits per heavy atom. The normalized spacial score (nSPS) is 11.4. The summed E-state index contributed by atoms with van der Waals surface area (Å²) in [5, 5.41) is 110. The number of nitrogens with zero attached hydrogens (tertiary/aromatic N) is 12. The van der Waals surface area contributed by atoms with Gasteiger partial charge in [0.05, 0.1) is 9.75 Å². The second-order valence-electron chi connectivity index (χ2n) is 20.3. The molecule has 0 aliphatic rings. The van der Waals surface area contributed by atoms with E-state index in [1.807, 2.05) is 170 Å². The van der Waals surface area contributed by atoms with Crippen LogP contribution in [0.25, 0.3) is 134 Å². The van der Waals surface area contributed by atoms with Gasteiger partial charge in [-0.1, -0.05) is 133 Å². The van der Waals surface area contributed by atoms with E-state index < -0.39 is 35.0 Å². The van der Waals surface area contributed by atoms with Gasteiger partial charge in [-0.3, -0.25) is 0 Å². The average molecular weight is 1330 g/mol. The molecule has 0 unspecified atom stereocenters.